The van der Waals surface area contributed by atoms with Crippen LogP contribution >= 0.6 is 0 Å². The Morgan fingerprint density at radius 3 is 2.43 bits per heavy atom. The van der Waals surface area contributed by atoms with Crippen molar-refractivity contribution in [3.05, 3.63) is 60.2 Å². The van der Waals surface area contributed by atoms with Crippen LogP contribution in [-0.4, -0.2) is 65.7 Å². The van der Waals surface area contributed by atoms with Gasteiger partial charge in [-0.3, -0.25) is 4.90 Å². The van der Waals surface area contributed by atoms with Gasteiger partial charge in [-0.1, -0.05) is 36.4 Å². The molecule has 0 aromatic heterocycles. The average Bonchev–Trinajstić information content (AvgIpc) is 3.09. The van der Waals surface area contributed by atoms with Crippen LogP contribution in [0.5, 0.6) is 11.5 Å². The van der Waals surface area contributed by atoms with Crippen LogP contribution in [0.4, 0.5) is 0 Å². The molecule has 1 saturated carbocycles. The zero-order chi connectivity index (χ0) is 20.9. The largest absolute Gasteiger partial charge is 0.496 e. The fraction of sp³-hybridized carbons (Fsp3) is 0.500. The van der Waals surface area contributed by atoms with Gasteiger partial charge in [0, 0.05) is 37.7 Å². The van der Waals surface area contributed by atoms with Crippen LogP contribution in [0.2, 0.25) is 0 Å². The van der Waals surface area contributed by atoms with Gasteiger partial charge in [0.15, 0.2) is 0 Å². The lowest BCUT2D eigenvalue weighted by molar-refractivity contribution is -0.0148. The number of piperidine rings is 1. The lowest BCUT2D eigenvalue weighted by Gasteiger charge is -2.39. The lowest BCUT2D eigenvalue weighted by atomic mass is 10.0. The van der Waals surface area contributed by atoms with Gasteiger partial charge < -0.3 is 25.0 Å². The van der Waals surface area contributed by atoms with Crippen LogP contribution in [0, 0.1) is 0 Å². The van der Waals surface area contributed by atoms with Crippen LogP contribution in [0.3, 0.4) is 0 Å². The summed E-state index contributed by atoms with van der Waals surface area (Å²) in [5.41, 5.74) is 1.09. The zero-order valence-corrected chi connectivity index (χ0v) is 17.5. The first-order valence-electron chi connectivity index (χ1n) is 10.8. The summed E-state index contributed by atoms with van der Waals surface area (Å²) in [6.07, 6.45) is 1.08. The van der Waals surface area contributed by atoms with E-state index >= 15 is 0 Å². The number of ether oxygens (including phenoxy) is 2. The highest BCUT2D eigenvalue weighted by Gasteiger charge is 2.47. The summed E-state index contributed by atoms with van der Waals surface area (Å²) >= 11 is 0. The topological polar surface area (TPSA) is 74.2 Å². The Kier molecular flexibility index (Phi) is 6.89. The minimum Gasteiger partial charge on any atom is -0.496 e. The molecule has 2 aromatic rings. The molecule has 0 radical (unpaired) electrons. The van der Waals surface area contributed by atoms with Crippen LogP contribution in [-0.2, 0) is 6.54 Å². The molecule has 162 valence electrons. The Bertz CT molecular complexity index is 795. The van der Waals surface area contributed by atoms with Crippen molar-refractivity contribution in [3.63, 3.8) is 0 Å². The molecular weight excluding hydrogens is 380 g/mol. The third-order valence-corrected chi connectivity index (χ3v) is 6.33. The number of likely N-dealkylation sites (tertiary alicyclic amines) is 1. The van der Waals surface area contributed by atoms with Crippen LogP contribution in [0.15, 0.2) is 54.6 Å². The molecule has 0 spiro atoms. The van der Waals surface area contributed by atoms with Crippen molar-refractivity contribution in [2.24, 2.45) is 0 Å². The summed E-state index contributed by atoms with van der Waals surface area (Å²) in [6.45, 7) is 2.23. The molecule has 6 nitrogen and oxygen atoms in total. The van der Waals surface area contributed by atoms with Crippen LogP contribution in [0.25, 0.3) is 0 Å². The Balaban J connectivity index is 1.49. The molecule has 0 unspecified atom stereocenters. The number of methoxy groups -OCH3 is 1. The summed E-state index contributed by atoms with van der Waals surface area (Å²) in [6, 6.07) is 17.7. The summed E-state index contributed by atoms with van der Waals surface area (Å²) in [4.78, 5) is 2.31. The van der Waals surface area contributed by atoms with Crippen molar-refractivity contribution >= 4 is 0 Å². The van der Waals surface area contributed by atoms with Gasteiger partial charge in [0.05, 0.1) is 19.3 Å². The van der Waals surface area contributed by atoms with Crippen LogP contribution in [0.1, 0.15) is 24.8 Å². The minimum absolute atomic E-state index is 0.0547. The van der Waals surface area contributed by atoms with Gasteiger partial charge in [0.2, 0.25) is 0 Å². The van der Waals surface area contributed by atoms with Gasteiger partial charge in [-0.2, -0.15) is 0 Å². The summed E-state index contributed by atoms with van der Waals surface area (Å²) in [7, 11) is 1.68. The maximum Gasteiger partial charge on any atom is 0.128 e. The normalized spacial score (nSPS) is 27.8. The van der Waals surface area contributed by atoms with Crippen molar-refractivity contribution in [1.82, 2.24) is 10.2 Å². The number of para-hydroxylation sites is 2. The first kappa shape index (κ1) is 21.1. The standard InChI is InChI=1S/C24H32N2O4/c1-29-21-10-6-5-7-17(21)16-25-20-15-22(30-19-8-3-2-4-9-19)24(28)23(20)26-13-11-18(27)12-14-26/h2-10,18,20,22-25,27-28H,11-16H2,1H3/t20-,22-,23+,24+/m1/s1. The van der Waals surface area contributed by atoms with Gasteiger partial charge in [-0.25, -0.2) is 0 Å². The number of hydrogen-bond acceptors (Lipinski definition) is 6. The maximum atomic E-state index is 11.2. The van der Waals surface area contributed by atoms with Gasteiger partial charge in [0.1, 0.15) is 23.7 Å². The maximum absolute atomic E-state index is 11.2. The quantitative estimate of drug-likeness (QED) is 0.648. The first-order chi connectivity index (χ1) is 14.7. The molecule has 4 rings (SSSR count). The number of aliphatic hydroxyl groups is 2. The predicted molar refractivity (Wildman–Crippen MR) is 116 cm³/mol. The highest BCUT2D eigenvalue weighted by atomic mass is 16.5. The second-order valence-corrected chi connectivity index (χ2v) is 8.25. The first-order valence-corrected chi connectivity index (χ1v) is 10.8. The van der Waals surface area contributed by atoms with E-state index in [1.54, 1.807) is 7.11 Å². The molecule has 1 aliphatic heterocycles. The number of rotatable bonds is 7. The molecule has 1 aliphatic carbocycles. The smallest absolute Gasteiger partial charge is 0.128 e. The minimum atomic E-state index is -0.601. The molecule has 2 aliphatic rings. The molecule has 0 amide bonds. The van der Waals surface area contributed by atoms with E-state index in [0.717, 1.165) is 49.4 Å². The Labute approximate surface area is 178 Å². The van der Waals surface area contributed by atoms with E-state index in [0.29, 0.717) is 6.54 Å². The van der Waals surface area contributed by atoms with E-state index in [2.05, 4.69) is 16.3 Å². The number of nitrogens with zero attached hydrogens (tertiary/aromatic N) is 1. The Morgan fingerprint density at radius 2 is 1.70 bits per heavy atom. The van der Waals surface area contributed by atoms with Crippen molar-refractivity contribution in [2.45, 2.75) is 56.2 Å². The SMILES string of the molecule is COc1ccccc1CN[C@@H]1C[C@@H](Oc2ccccc2)[C@H](O)[C@H]1N1CCC(O)CC1. The molecule has 2 aromatic carbocycles. The second kappa shape index (κ2) is 9.79. The number of nitrogens with one attached hydrogen (secondary N) is 1. The average molecular weight is 413 g/mol. The highest BCUT2D eigenvalue weighted by molar-refractivity contribution is 5.33. The second-order valence-electron chi connectivity index (χ2n) is 8.25. The van der Waals surface area contributed by atoms with Crippen molar-refractivity contribution in [3.8, 4) is 11.5 Å². The van der Waals surface area contributed by atoms with Crippen LogP contribution < -0.4 is 14.8 Å². The van der Waals surface area contributed by atoms with Gasteiger partial charge in [-0.15, -0.1) is 0 Å². The third kappa shape index (κ3) is 4.78. The number of hydrogen-bond donors (Lipinski definition) is 3. The fourth-order valence-corrected chi connectivity index (χ4v) is 4.73. The molecule has 4 atom stereocenters. The molecule has 2 fully saturated rings. The van der Waals surface area contributed by atoms with Gasteiger partial charge in [-0.05, 0) is 31.0 Å². The Hall–Kier alpha value is -2.12. The van der Waals surface area contributed by atoms with E-state index in [4.69, 9.17) is 9.47 Å². The molecule has 0 bridgehead atoms. The van der Waals surface area contributed by atoms with Crippen molar-refractivity contribution in [2.75, 3.05) is 20.2 Å². The third-order valence-electron chi connectivity index (χ3n) is 6.33. The van der Waals surface area contributed by atoms with E-state index in [1.807, 2.05) is 48.5 Å². The molecular formula is C24H32N2O4. The highest BCUT2D eigenvalue weighted by Crippen LogP contribution is 2.31. The van der Waals surface area contributed by atoms with Crippen molar-refractivity contribution in [1.29, 1.82) is 0 Å². The monoisotopic (exact) mass is 412 g/mol. The zero-order valence-electron chi connectivity index (χ0n) is 17.5. The van der Waals surface area contributed by atoms with E-state index < -0.39 is 6.10 Å². The number of aliphatic hydroxyl groups excluding tert-OH is 2. The van der Waals surface area contributed by atoms with Crippen molar-refractivity contribution < 1.29 is 19.7 Å². The van der Waals surface area contributed by atoms with Gasteiger partial charge >= 0.3 is 0 Å². The predicted octanol–water partition coefficient (Wildman–Crippen LogP) is 2.19. The summed E-state index contributed by atoms with van der Waals surface area (Å²) in [5, 5.41) is 24.8. The lowest BCUT2D eigenvalue weighted by Crippen LogP contribution is -2.55. The molecule has 1 saturated heterocycles. The summed E-state index contributed by atoms with van der Waals surface area (Å²) < 4.78 is 11.7. The molecule has 6 heteroatoms. The van der Waals surface area contributed by atoms with Gasteiger partial charge in [0.25, 0.3) is 0 Å². The molecule has 3 N–H and O–H groups in total. The van der Waals surface area contributed by atoms with E-state index in [-0.39, 0.29) is 24.3 Å². The fourth-order valence-electron chi connectivity index (χ4n) is 4.73. The molecule has 30 heavy (non-hydrogen) atoms. The van der Waals surface area contributed by atoms with E-state index in [9.17, 15) is 10.2 Å². The summed E-state index contributed by atoms with van der Waals surface area (Å²) in [5.74, 6) is 1.64. The van der Waals surface area contributed by atoms with E-state index in [1.165, 1.54) is 0 Å². The Morgan fingerprint density at radius 1 is 1.00 bits per heavy atom. The molecule has 1 heterocycles. The number of benzene rings is 2.